The molecule has 0 saturated carbocycles. The Morgan fingerprint density at radius 2 is 2.29 bits per heavy atom. The van der Waals surface area contributed by atoms with Gasteiger partial charge in [0, 0.05) is 0 Å². The number of fused-ring (bicyclic) bond motifs is 1. The van der Waals surface area contributed by atoms with Crippen molar-refractivity contribution >= 4 is 39.3 Å². The van der Waals surface area contributed by atoms with Crippen molar-refractivity contribution in [3.05, 3.63) is 35.7 Å². The summed E-state index contributed by atoms with van der Waals surface area (Å²) in [6, 6.07) is 7.86. The maximum atomic E-state index is 11.4. The van der Waals surface area contributed by atoms with Crippen molar-refractivity contribution in [2.45, 2.75) is 11.3 Å². The molecule has 1 aromatic carbocycles. The van der Waals surface area contributed by atoms with Crippen molar-refractivity contribution in [2.75, 3.05) is 6.61 Å². The first-order valence-corrected chi connectivity index (χ1v) is 6.73. The summed E-state index contributed by atoms with van der Waals surface area (Å²) in [4.78, 5) is 16.2. The van der Waals surface area contributed by atoms with Gasteiger partial charge in [0.05, 0.1) is 21.7 Å². The first-order chi connectivity index (χ1) is 8.20. The smallest absolute Gasteiger partial charge is 0.344 e. The molecule has 88 valence electrons. The SMILES string of the molecule is C=C(Sc1nc2ccccc2s1)C(=O)OCC. The van der Waals surface area contributed by atoms with Gasteiger partial charge in [0.25, 0.3) is 0 Å². The van der Waals surface area contributed by atoms with E-state index in [4.69, 9.17) is 4.74 Å². The van der Waals surface area contributed by atoms with Gasteiger partial charge >= 0.3 is 5.97 Å². The van der Waals surface area contributed by atoms with Crippen LogP contribution in [0, 0.1) is 0 Å². The van der Waals surface area contributed by atoms with Crippen LogP contribution in [-0.2, 0) is 9.53 Å². The molecule has 2 rings (SSSR count). The molecule has 0 N–H and O–H groups in total. The Bertz CT molecular complexity index is 529. The lowest BCUT2D eigenvalue weighted by atomic mass is 10.3. The van der Waals surface area contributed by atoms with E-state index in [0.717, 1.165) is 14.6 Å². The normalized spacial score (nSPS) is 10.4. The standard InChI is InChI=1S/C12H11NO2S2/c1-3-15-11(14)8(2)16-12-13-9-6-4-5-7-10(9)17-12/h4-7H,2-3H2,1H3. The lowest BCUT2D eigenvalue weighted by Gasteiger charge is -2.01. The summed E-state index contributed by atoms with van der Waals surface area (Å²) >= 11 is 2.80. The zero-order chi connectivity index (χ0) is 12.3. The number of nitrogens with zero attached hydrogens (tertiary/aromatic N) is 1. The number of esters is 1. The molecule has 0 aliphatic rings. The number of para-hydroxylation sites is 1. The second kappa shape index (κ2) is 5.33. The number of thioether (sulfide) groups is 1. The molecule has 1 aromatic heterocycles. The Morgan fingerprint density at radius 1 is 1.53 bits per heavy atom. The molecule has 3 nitrogen and oxygen atoms in total. The highest BCUT2D eigenvalue weighted by atomic mass is 32.2. The summed E-state index contributed by atoms with van der Waals surface area (Å²) < 4.78 is 6.78. The molecule has 0 unspecified atom stereocenters. The van der Waals surface area contributed by atoms with Crippen molar-refractivity contribution in [1.29, 1.82) is 0 Å². The van der Waals surface area contributed by atoms with E-state index < -0.39 is 0 Å². The van der Waals surface area contributed by atoms with Crippen LogP contribution < -0.4 is 0 Å². The fourth-order valence-electron chi connectivity index (χ4n) is 1.25. The third-order valence-corrected chi connectivity index (χ3v) is 4.00. The van der Waals surface area contributed by atoms with Gasteiger partial charge in [-0.05, 0) is 19.1 Å². The van der Waals surface area contributed by atoms with E-state index in [2.05, 4.69) is 11.6 Å². The number of benzene rings is 1. The van der Waals surface area contributed by atoms with Crippen molar-refractivity contribution in [3.63, 3.8) is 0 Å². The van der Waals surface area contributed by atoms with Crippen LogP contribution >= 0.6 is 23.1 Å². The Hall–Kier alpha value is -1.33. The predicted molar refractivity (Wildman–Crippen MR) is 71.3 cm³/mol. The third-order valence-electron chi connectivity index (χ3n) is 1.99. The summed E-state index contributed by atoms with van der Waals surface area (Å²) in [6.07, 6.45) is 0. The van der Waals surface area contributed by atoms with Crippen LogP contribution in [0.2, 0.25) is 0 Å². The van der Waals surface area contributed by atoms with Gasteiger partial charge in [-0.15, -0.1) is 11.3 Å². The highest BCUT2D eigenvalue weighted by molar-refractivity contribution is 8.05. The highest BCUT2D eigenvalue weighted by Crippen LogP contribution is 2.33. The molecule has 0 atom stereocenters. The fraction of sp³-hybridized carbons (Fsp3) is 0.167. The minimum Gasteiger partial charge on any atom is -0.462 e. The van der Waals surface area contributed by atoms with Crippen LogP contribution in [0.1, 0.15) is 6.92 Å². The molecule has 17 heavy (non-hydrogen) atoms. The molecule has 2 aromatic rings. The summed E-state index contributed by atoms with van der Waals surface area (Å²) in [6.45, 7) is 5.82. The number of aromatic nitrogens is 1. The van der Waals surface area contributed by atoms with E-state index in [1.165, 1.54) is 11.8 Å². The molecule has 0 spiro atoms. The van der Waals surface area contributed by atoms with E-state index in [1.54, 1.807) is 18.3 Å². The zero-order valence-electron chi connectivity index (χ0n) is 9.30. The molecule has 0 amide bonds. The number of carbonyl (C=O) groups is 1. The maximum Gasteiger partial charge on any atom is 0.344 e. The summed E-state index contributed by atoms with van der Waals surface area (Å²) in [5.74, 6) is -0.378. The van der Waals surface area contributed by atoms with E-state index in [0.29, 0.717) is 11.5 Å². The molecule has 0 fully saturated rings. The van der Waals surface area contributed by atoms with Crippen molar-refractivity contribution < 1.29 is 9.53 Å². The fourth-order valence-corrected chi connectivity index (χ4v) is 3.19. The number of hydrogen-bond donors (Lipinski definition) is 0. The lowest BCUT2D eigenvalue weighted by molar-refractivity contribution is -0.137. The van der Waals surface area contributed by atoms with Crippen LogP contribution in [0.25, 0.3) is 10.2 Å². The van der Waals surface area contributed by atoms with Gasteiger partial charge < -0.3 is 4.74 Å². The summed E-state index contributed by atoms with van der Waals surface area (Å²) in [5.41, 5.74) is 0.941. The molecule has 0 aliphatic heterocycles. The minimum absolute atomic E-state index is 0.359. The van der Waals surface area contributed by atoms with Gasteiger partial charge in [0.1, 0.15) is 0 Å². The molecule has 5 heteroatoms. The predicted octanol–water partition coefficient (Wildman–Crippen LogP) is 3.47. The minimum atomic E-state index is -0.378. The van der Waals surface area contributed by atoms with Gasteiger partial charge in [-0.2, -0.15) is 0 Å². The van der Waals surface area contributed by atoms with Crippen molar-refractivity contribution in [2.24, 2.45) is 0 Å². The monoisotopic (exact) mass is 265 g/mol. The number of rotatable bonds is 4. The van der Waals surface area contributed by atoms with Gasteiger partial charge in [0.2, 0.25) is 0 Å². The molecule has 0 aliphatic carbocycles. The van der Waals surface area contributed by atoms with E-state index in [1.807, 2.05) is 24.3 Å². The average Bonchev–Trinajstić information content (AvgIpc) is 2.71. The first kappa shape index (κ1) is 12.1. The average molecular weight is 265 g/mol. The van der Waals surface area contributed by atoms with Crippen LogP contribution in [0.5, 0.6) is 0 Å². The van der Waals surface area contributed by atoms with Crippen molar-refractivity contribution in [1.82, 2.24) is 4.98 Å². The Labute approximate surface area is 108 Å². The number of hydrogen-bond acceptors (Lipinski definition) is 5. The van der Waals surface area contributed by atoms with Gasteiger partial charge in [-0.1, -0.05) is 30.5 Å². The quantitative estimate of drug-likeness (QED) is 0.482. The topological polar surface area (TPSA) is 39.2 Å². The highest BCUT2D eigenvalue weighted by Gasteiger charge is 2.12. The first-order valence-electron chi connectivity index (χ1n) is 5.10. The number of ether oxygens (including phenoxy) is 1. The zero-order valence-corrected chi connectivity index (χ0v) is 10.9. The van der Waals surface area contributed by atoms with Crippen LogP contribution in [0.4, 0.5) is 0 Å². The van der Waals surface area contributed by atoms with Gasteiger partial charge in [-0.25, -0.2) is 9.78 Å². The Balaban J connectivity index is 2.13. The molecule has 0 radical (unpaired) electrons. The number of thiazole rings is 1. The molecule has 0 saturated heterocycles. The van der Waals surface area contributed by atoms with Crippen LogP contribution in [0.3, 0.4) is 0 Å². The van der Waals surface area contributed by atoms with Crippen LogP contribution in [0.15, 0.2) is 40.1 Å². The van der Waals surface area contributed by atoms with Crippen LogP contribution in [-0.4, -0.2) is 17.6 Å². The van der Waals surface area contributed by atoms with Gasteiger partial charge in [-0.3, -0.25) is 0 Å². The molecular weight excluding hydrogens is 254 g/mol. The largest absolute Gasteiger partial charge is 0.462 e. The van der Waals surface area contributed by atoms with E-state index in [-0.39, 0.29) is 5.97 Å². The van der Waals surface area contributed by atoms with E-state index in [9.17, 15) is 4.79 Å². The molecular formula is C12H11NO2S2. The molecule has 1 heterocycles. The van der Waals surface area contributed by atoms with Crippen molar-refractivity contribution in [3.8, 4) is 0 Å². The summed E-state index contributed by atoms with van der Waals surface area (Å²) in [7, 11) is 0. The third kappa shape index (κ3) is 2.87. The second-order valence-corrected chi connectivity index (χ2v) is 5.57. The number of carbonyl (C=O) groups excluding carboxylic acids is 1. The Kier molecular flexibility index (Phi) is 3.81. The summed E-state index contributed by atoms with van der Waals surface area (Å²) in [5, 5.41) is 0. The second-order valence-electron chi connectivity index (χ2n) is 3.19. The van der Waals surface area contributed by atoms with E-state index >= 15 is 0 Å². The van der Waals surface area contributed by atoms with Gasteiger partial charge in [0.15, 0.2) is 4.34 Å². The molecule has 0 bridgehead atoms. The maximum absolute atomic E-state index is 11.4. The Morgan fingerprint density at radius 3 is 3.00 bits per heavy atom. The lowest BCUT2D eigenvalue weighted by Crippen LogP contribution is -2.03.